The molecule has 272 valence electrons. The Labute approximate surface area is 283 Å². The summed E-state index contributed by atoms with van der Waals surface area (Å²) in [7, 11) is 7.43. The van der Waals surface area contributed by atoms with E-state index >= 15 is 0 Å². The number of aliphatic hydroxyl groups excluding tert-OH is 2. The first-order valence-corrected chi connectivity index (χ1v) is 18.0. The molecule has 0 spiro atoms. The van der Waals surface area contributed by atoms with E-state index in [4.69, 9.17) is 18.9 Å². The fourth-order valence-electron chi connectivity index (χ4n) is 8.38. The molecule has 1 unspecified atom stereocenters. The summed E-state index contributed by atoms with van der Waals surface area (Å²) in [4.78, 5) is 34.6. The number of cyclic esters (lactones) is 1. The molecule has 3 saturated heterocycles. The van der Waals surface area contributed by atoms with Crippen molar-refractivity contribution in [3.8, 4) is 0 Å². The number of methoxy groups -OCH3 is 1. The topological polar surface area (TPSA) is 121 Å². The van der Waals surface area contributed by atoms with E-state index in [1.165, 1.54) is 12.8 Å². The lowest BCUT2D eigenvalue weighted by molar-refractivity contribution is -0.295. The molecule has 11 nitrogen and oxygen atoms in total. The summed E-state index contributed by atoms with van der Waals surface area (Å²) in [5.74, 6) is -0.744. The van der Waals surface area contributed by atoms with Crippen LogP contribution in [0.15, 0.2) is 0 Å². The number of carbonyl (C=O) groups excluding carboxylic acids is 2. The van der Waals surface area contributed by atoms with Gasteiger partial charge in [0.05, 0.1) is 30.0 Å². The average molecular weight is 668 g/mol. The van der Waals surface area contributed by atoms with Crippen molar-refractivity contribution in [2.45, 2.75) is 128 Å². The number of ether oxygens (including phenoxy) is 4. The SMILES string of the molecule is CO[C@]1(C)C[C@@H](C)CN(C)[C@@H](C(O)C2CCN(CC3CC3)CC2)COC(=O)C(C)(C)C(=O)[C@H](C)[C@H]1O[C@@H]1O[C@H](C)C[C@H](N(C)C)[C@H]1O. The molecule has 1 aliphatic carbocycles. The zero-order valence-electron chi connectivity index (χ0n) is 30.8. The van der Waals surface area contributed by atoms with Gasteiger partial charge in [-0.3, -0.25) is 14.5 Å². The number of hydrogen-bond donors (Lipinski definition) is 2. The van der Waals surface area contributed by atoms with Crippen molar-refractivity contribution in [1.82, 2.24) is 14.7 Å². The maximum atomic E-state index is 14.3. The van der Waals surface area contributed by atoms with Gasteiger partial charge in [0.25, 0.3) is 0 Å². The first kappa shape index (κ1) is 38.6. The summed E-state index contributed by atoms with van der Waals surface area (Å²) in [6, 6.07) is -0.604. The van der Waals surface area contributed by atoms with Crippen molar-refractivity contribution in [1.29, 1.82) is 0 Å². The van der Waals surface area contributed by atoms with Crippen molar-refractivity contribution in [3.63, 3.8) is 0 Å². The minimum Gasteiger partial charge on any atom is -0.463 e. The highest BCUT2D eigenvalue weighted by molar-refractivity contribution is 6.04. The Kier molecular flexibility index (Phi) is 13.0. The summed E-state index contributed by atoms with van der Waals surface area (Å²) in [5, 5.41) is 23.1. The van der Waals surface area contributed by atoms with Crippen molar-refractivity contribution >= 4 is 11.8 Å². The van der Waals surface area contributed by atoms with E-state index in [1.807, 2.05) is 39.9 Å². The minimum atomic E-state index is -1.48. The molecule has 3 heterocycles. The van der Waals surface area contributed by atoms with E-state index in [1.54, 1.807) is 27.9 Å². The Hall–Kier alpha value is -1.18. The zero-order chi connectivity index (χ0) is 34.8. The Morgan fingerprint density at radius 2 is 1.70 bits per heavy atom. The molecular weight excluding hydrogens is 602 g/mol. The van der Waals surface area contributed by atoms with Crippen LogP contribution in [-0.4, -0.2) is 146 Å². The fourth-order valence-corrected chi connectivity index (χ4v) is 8.38. The highest BCUT2D eigenvalue weighted by Crippen LogP contribution is 2.39. The summed E-state index contributed by atoms with van der Waals surface area (Å²) in [6.07, 6.45) is 2.04. The average Bonchev–Trinajstić information content (AvgIpc) is 3.83. The predicted molar refractivity (Wildman–Crippen MR) is 180 cm³/mol. The van der Waals surface area contributed by atoms with E-state index in [0.717, 1.165) is 38.4 Å². The number of Topliss-reactive ketones (excluding diaryl/α,β-unsaturated/α-hetero) is 1. The molecule has 4 aliphatic rings. The Morgan fingerprint density at radius 1 is 1.06 bits per heavy atom. The van der Waals surface area contributed by atoms with Gasteiger partial charge in [-0.05, 0) is 118 Å². The molecule has 0 aromatic heterocycles. The van der Waals surface area contributed by atoms with Crippen LogP contribution in [0.4, 0.5) is 0 Å². The fraction of sp³-hybridized carbons (Fsp3) is 0.944. The van der Waals surface area contributed by atoms with Gasteiger partial charge in [-0.25, -0.2) is 0 Å². The number of piperidine rings is 1. The molecule has 47 heavy (non-hydrogen) atoms. The molecule has 11 heteroatoms. The van der Waals surface area contributed by atoms with E-state index in [-0.39, 0.29) is 36.4 Å². The van der Waals surface area contributed by atoms with Gasteiger partial charge < -0.3 is 39.0 Å². The Bertz CT molecular complexity index is 1050. The first-order valence-electron chi connectivity index (χ1n) is 18.0. The lowest BCUT2D eigenvalue weighted by Gasteiger charge is -2.47. The van der Waals surface area contributed by atoms with Crippen LogP contribution < -0.4 is 0 Å². The minimum absolute atomic E-state index is 0.00396. The van der Waals surface area contributed by atoms with Crippen molar-refractivity contribution in [2.24, 2.45) is 29.1 Å². The van der Waals surface area contributed by atoms with Gasteiger partial charge in [-0.1, -0.05) is 13.8 Å². The second-order valence-corrected chi connectivity index (χ2v) is 16.4. The largest absolute Gasteiger partial charge is 0.463 e. The number of likely N-dealkylation sites (tertiary alicyclic amines) is 1. The van der Waals surface area contributed by atoms with Gasteiger partial charge in [-0.2, -0.15) is 0 Å². The smallest absolute Gasteiger partial charge is 0.319 e. The van der Waals surface area contributed by atoms with E-state index in [0.29, 0.717) is 19.4 Å². The van der Waals surface area contributed by atoms with Crippen molar-refractivity contribution in [2.75, 3.05) is 61.0 Å². The van der Waals surface area contributed by atoms with Crippen LogP contribution in [0.25, 0.3) is 0 Å². The molecule has 3 aliphatic heterocycles. The van der Waals surface area contributed by atoms with E-state index < -0.39 is 53.5 Å². The van der Waals surface area contributed by atoms with Gasteiger partial charge in [0.2, 0.25) is 0 Å². The van der Waals surface area contributed by atoms with Crippen molar-refractivity contribution < 1.29 is 38.7 Å². The number of nitrogens with zero attached hydrogens (tertiary/aromatic N) is 3. The molecule has 0 amide bonds. The van der Waals surface area contributed by atoms with Crippen LogP contribution in [0.3, 0.4) is 0 Å². The highest BCUT2D eigenvalue weighted by atomic mass is 16.7. The Balaban J connectivity index is 1.59. The lowest BCUT2D eigenvalue weighted by atomic mass is 9.74. The van der Waals surface area contributed by atoms with E-state index in [9.17, 15) is 19.8 Å². The third-order valence-electron chi connectivity index (χ3n) is 11.6. The molecule has 0 aromatic rings. The highest BCUT2D eigenvalue weighted by Gasteiger charge is 2.52. The maximum Gasteiger partial charge on any atom is 0.319 e. The van der Waals surface area contributed by atoms with Crippen LogP contribution >= 0.6 is 0 Å². The number of aliphatic hydroxyl groups is 2. The number of likely N-dealkylation sites (N-methyl/N-ethyl adjacent to an activating group) is 2. The standard InChI is InChI=1S/C36H65N3O8/c1-22-18-36(6,44-10)32(47-33-30(41)27(37(7)8)17-23(2)46-33)24(3)31(42)35(4,5)34(43)45-21-28(38(9)19-22)29(40)26-13-15-39(16-14-26)20-25-11-12-25/h22-30,32-33,40-41H,11-21H2,1-10H3/t22-,23-,24+,27+,28-,29?,30-,32-,33+,36-/m1/s1. The number of ketones is 1. The monoisotopic (exact) mass is 667 g/mol. The third kappa shape index (κ3) is 9.14. The van der Waals surface area contributed by atoms with Gasteiger partial charge >= 0.3 is 5.97 Å². The second kappa shape index (κ2) is 15.8. The Morgan fingerprint density at radius 3 is 2.28 bits per heavy atom. The first-order chi connectivity index (χ1) is 22.0. The summed E-state index contributed by atoms with van der Waals surface area (Å²) < 4.78 is 24.9. The van der Waals surface area contributed by atoms with Crippen molar-refractivity contribution in [3.05, 3.63) is 0 Å². The normalized spacial score (nSPS) is 39.9. The van der Waals surface area contributed by atoms with E-state index in [2.05, 4.69) is 16.7 Å². The van der Waals surface area contributed by atoms with Gasteiger partial charge in [0, 0.05) is 32.2 Å². The van der Waals surface area contributed by atoms with Crippen LogP contribution in [0.2, 0.25) is 0 Å². The number of carbonyl (C=O) groups is 2. The molecular formula is C36H65N3O8. The van der Waals surface area contributed by atoms with Gasteiger partial charge in [0.15, 0.2) is 12.1 Å². The summed E-state index contributed by atoms with van der Waals surface area (Å²) in [6.45, 7) is 14.7. The maximum absolute atomic E-state index is 14.3. The lowest BCUT2D eigenvalue weighted by Crippen LogP contribution is -2.59. The molecule has 0 bridgehead atoms. The molecule has 4 rings (SSSR count). The van der Waals surface area contributed by atoms with Crippen LogP contribution in [0.1, 0.15) is 80.1 Å². The number of esters is 1. The van der Waals surface area contributed by atoms with Gasteiger partial charge in [-0.15, -0.1) is 0 Å². The second-order valence-electron chi connectivity index (χ2n) is 16.4. The molecule has 0 aromatic carbocycles. The summed E-state index contributed by atoms with van der Waals surface area (Å²) in [5.41, 5.74) is -2.45. The molecule has 4 fully saturated rings. The van der Waals surface area contributed by atoms with Gasteiger partial charge in [0.1, 0.15) is 18.1 Å². The van der Waals surface area contributed by atoms with Crippen LogP contribution in [0.5, 0.6) is 0 Å². The quantitative estimate of drug-likeness (QED) is 0.294. The number of rotatable bonds is 8. The predicted octanol–water partition coefficient (Wildman–Crippen LogP) is 2.80. The zero-order valence-corrected chi connectivity index (χ0v) is 30.8. The van der Waals surface area contributed by atoms with Crippen LogP contribution in [-0.2, 0) is 28.5 Å². The molecule has 0 radical (unpaired) electrons. The third-order valence-corrected chi connectivity index (χ3v) is 11.6. The molecule has 1 saturated carbocycles. The number of hydrogen-bond acceptors (Lipinski definition) is 11. The molecule has 10 atom stereocenters. The molecule has 2 N–H and O–H groups in total. The van der Waals surface area contributed by atoms with Crippen LogP contribution in [0, 0.1) is 29.1 Å². The summed E-state index contributed by atoms with van der Waals surface area (Å²) >= 11 is 0.